The van der Waals surface area contributed by atoms with Gasteiger partial charge in [-0.2, -0.15) is 0 Å². The van der Waals surface area contributed by atoms with E-state index >= 15 is 0 Å². The molecular formula is C16H26O4. The second kappa shape index (κ2) is 6.15. The molecule has 0 bridgehead atoms. The summed E-state index contributed by atoms with van der Waals surface area (Å²) in [7, 11) is 0. The van der Waals surface area contributed by atoms with Crippen molar-refractivity contribution in [2.24, 2.45) is 17.3 Å². The Balaban J connectivity index is 0.000000204. The second-order valence-corrected chi connectivity index (χ2v) is 6.65. The summed E-state index contributed by atoms with van der Waals surface area (Å²) >= 11 is 0. The molecule has 0 amide bonds. The van der Waals surface area contributed by atoms with Crippen LogP contribution >= 0.6 is 0 Å². The number of carbonyl (C=O) groups excluding carboxylic acids is 2. The lowest BCUT2D eigenvalue weighted by Gasteiger charge is -2.14. The average Bonchev–Trinajstić information content (AvgIpc) is 3.06. The molecule has 2 aliphatic rings. The Bertz CT molecular complexity index is 349. The van der Waals surface area contributed by atoms with Gasteiger partial charge in [0.05, 0.1) is 0 Å². The molecule has 2 radical (unpaired) electrons. The SMILES string of the molecule is CC(=O)OC1(OC(C)=O)CC1.CC(C)CC1[C]C1(C)C. The summed E-state index contributed by atoms with van der Waals surface area (Å²) in [4.78, 5) is 20.9. The molecule has 2 rings (SSSR count). The summed E-state index contributed by atoms with van der Waals surface area (Å²) in [5.41, 5.74) is 0.449. The average molecular weight is 282 g/mol. The highest BCUT2D eigenvalue weighted by molar-refractivity contribution is 5.69. The number of esters is 2. The van der Waals surface area contributed by atoms with Gasteiger partial charge in [-0.05, 0) is 30.1 Å². The molecule has 4 heteroatoms. The van der Waals surface area contributed by atoms with E-state index in [4.69, 9.17) is 9.47 Å². The van der Waals surface area contributed by atoms with E-state index in [9.17, 15) is 9.59 Å². The van der Waals surface area contributed by atoms with Gasteiger partial charge in [0.25, 0.3) is 5.79 Å². The zero-order valence-electron chi connectivity index (χ0n) is 13.4. The lowest BCUT2D eigenvalue weighted by atomic mass is 10.0. The van der Waals surface area contributed by atoms with Gasteiger partial charge in [0.15, 0.2) is 0 Å². The van der Waals surface area contributed by atoms with Gasteiger partial charge in [-0.25, -0.2) is 0 Å². The Hall–Kier alpha value is -1.06. The molecule has 20 heavy (non-hydrogen) atoms. The van der Waals surface area contributed by atoms with Crippen molar-refractivity contribution in [3.63, 3.8) is 0 Å². The molecule has 2 saturated carbocycles. The van der Waals surface area contributed by atoms with Crippen LogP contribution in [0.15, 0.2) is 0 Å². The Morgan fingerprint density at radius 2 is 1.55 bits per heavy atom. The van der Waals surface area contributed by atoms with Gasteiger partial charge in [0.2, 0.25) is 0 Å². The maximum atomic E-state index is 10.5. The topological polar surface area (TPSA) is 52.6 Å². The third kappa shape index (κ3) is 5.93. The molecular weight excluding hydrogens is 256 g/mol. The van der Waals surface area contributed by atoms with Crippen LogP contribution in [0, 0.1) is 23.7 Å². The molecule has 1 unspecified atom stereocenters. The Kier molecular flexibility index (Phi) is 5.22. The zero-order chi connectivity index (χ0) is 15.6. The monoisotopic (exact) mass is 282 g/mol. The van der Waals surface area contributed by atoms with Crippen LogP contribution < -0.4 is 0 Å². The van der Waals surface area contributed by atoms with Crippen molar-refractivity contribution in [1.29, 1.82) is 0 Å². The predicted molar refractivity (Wildman–Crippen MR) is 75.5 cm³/mol. The molecule has 1 atom stereocenters. The van der Waals surface area contributed by atoms with E-state index in [2.05, 4.69) is 34.1 Å². The second-order valence-electron chi connectivity index (χ2n) is 6.65. The number of rotatable bonds is 4. The highest BCUT2D eigenvalue weighted by Crippen LogP contribution is 2.53. The fourth-order valence-electron chi connectivity index (χ4n) is 2.08. The van der Waals surface area contributed by atoms with Crippen molar-refractivity contribution in [3.05, 3.63) is 6.42 Å². The van der Waals surface area contributed by atoms with Crippen LogP contribution in [0.25, 0.3) is 0 Å². The van der Waals surface area contributed by atoms with Crippen LogP contribution in [-0.2, 0) is 19.1 Å². The van der Waals surface area contributed by atoms with E-state index in [0.717, 1.165) is 11.8 Å². The van der Waals surface area contributed by atoms with Gasteiger partial charge < -0.3 is 9.47 Å². The van der Waals surface area contributed by atoms with Crippen molar-refractivity contribution in [2.75, 3.05) is 0 Å². The predicted octanol–water partition coefficient (Wildman–Crippen LogP) is 3.37. The third-order valence-electron chi connectivity index (χ3n) is 3.36. The smallest absolute Gasteiger partial charge is 0.305 e. The normalized spacial score (nSPS) is 24.2. The number of carbonyl (C=O) groups is 2. The Labute approximate surface area is 122 Å². The molecule has 0 aromatic rings. The van der Waals surface area contributed by atoms with Gasteiger partial charge in [-0.1, -0.05) is 27.7 Å². The van der Waals surface area contributed by atoms with Gasteiger partial charge in [0.1, 0.15) is 0 Å². The fourth-order valence-corrected chi connectivity index (χ4v) is 2.08. The van der Waals surface area contributed by atoms with Crippen LogP contribution in [-0.4, -0.2) is 17.7 Å². The number of hydrogen-bond donors (Lipinski definition) is 0. The molecule has 2 fully saturated rings. The van der Waals surface area contributed by atoms with Gasteiger partial charge in [-0.15, -0.1) is 0 Å². The zero-order valence-corrected chi connectivity index (χ0v) is 13.4. The summed E-state index contributed by atoms with van der Waals surface area (Å²) < 4.78 is 9.56. The van der Waals surface area contributed by atoms with Crippen LogP contribution in [0.2, 0.25) is 0 Å². The van der Waals surface area contributed by atoms with E-state index in [-0.39, 0.29) is 0 Å². The minimum absolute atomic E-state index is 0.413. The molecule has 114 valence electrons. The van der Waals surface area contributed by atoms with E-state index in [1.54, 1.807) is 0 Å². The minimum atomic E-state index is -0.905. The molecule has 0 aromatic heterocycles. The molecule has 0 aromatic carbocycles. The van der Waals surface area contributed by atoms with Crippen LogP contribution in [0.5, 0.6) is 0 Å². The largest absolute Gasteiger partial charge is 0.423 e. The van der Waals surface area contributed by atoms with Crippen molar-refractivity contribution in [2.45, 2.75) is 66.6 Å². The molecule has 0 N–H and O–H groups in total. The van der Waals surface area contributed by atoms with Gasteiger partial charge >= 0.3 is 11.9 Å². The maximum Gasteiger partial charge on any atom is 0.305 e. The van der Waals surface area contributed by atoms with E-state index < -0.39 is 17.7 Å². The van der Waals surface area contributed by atoms with Crippen LogP contribution in [0.3, 0.4) is 0 Å². The van der Waals surface area contributed by atoms with Gasteiger partial charge in [-0.3, -0.25) is 9.59 Å². The summed E-state index contributed by atoms with van der Waals surface area (Å²) in [5.74, 6) is -0.105. The highest BCUT2D eigenvalue weighted by atomic mass is 16.7. The first-order valence-corrected chi connectivity index (χ1v) is 7.23. The van der Waals surface area contributed by atoms with Crippen molar-refractivity contribution in [3.8, 4) is 0 Å². The van der Waals surface area contributed by atoms with Crippen molar-refractivity contribution >= 4 is 11.9 Å². The summed E-state index contributed by atoms with van der Waals surface area (Å²) in [6.45, 7) is 11.7. The Morgan fingerprint density at radius 1 is 1.15 bits per heavy atom. The number of ether oxygens (including phenoxy) is 2. The van der Waals surface area contributed by atoms with E-state index in [1.807, 2.05) is 0 Å². The van der Waals surface area contributed by atoms with E-state index in [0.29, 0.717) is 18.3 Å². The lowest BCUT2D eigenvalue weighted by Crippen LogP contribution is -2.23. The lowest BCUT2D eigenvalue weighted by molar-refractivity contribution is -0.193. The van der Waals surface area contributed by atoms with Crippen molar-refractivity contribution in [1.82, 2.24) is 0 Å². The van der Waals surface area contributed by atoms with Gasteiger partial charge in [0, 0.05) is 26.7 Å². The summed E-state index contributed by atoms with van der Waals surface area (Å²) in [5, 5.41) is 0. The number of hydrogen-bond acceptors (Lipinski definition) is 4. The maximum absolute atomic E-state index is 10.5. The van der Waals surface area contributed by atoms with Crippen molar-refractivity contribution < 1.29 is 19.1 Å². The fraction of sp³-hybridized carbons (Fsp3) is 0.812. The minimum Gasteiger partial charge on any atom is -0.423 e. The molecule has 0 spiro atoms. The molecule has 4 nitrogen and oxygen atoms in total. The van der Waals surface area contributed by atoms with Crippen LogP contribution in [0.4, 0.5) is 0 Å². The molecule has 0 saturated heterocycles. The highest BCUT2D eigenvalue weighted by Gasteiger charge is 2.50. The van der Waals surface area contributed by atoms with Crippen LogP contribution in [0.1, 0.15) is 60.8 Å². The molecule has 2 aliphatic carbocycles. The summed E-state index contributed by atoms with van der Waals surface area (Å²) in [6.07, 6.45) is 6.00. The summed E-state index contributed by atoms with van der Waals surface area (Å²) in [6, 6.07) is 0. The third-order valence-corrected chi connectivity index (χ3v) is 3.36. The quantitative estimate of drug-likeness (QED) is 0.586. The first kappa shape index (κ1) is 17.0. The Morgan fingerprint density at radius 3 is 1.70 bits per heavy atom. The first-order valence-electron chi connectivity index (χ1n) is 7.23. The standard InChI is InChI=1S/C9H16.C7H10O4/c1-7(2)5-8-6-9(8,3)4;1-5(8)10-7(3-4-7)11-6(2)9/h7-8H,5H2,1-4H3;3-4H2,1-2H3. The molecule has 0 aliphatic heterocycles. The van der Waals surface area contributed by atoms with E-state index in [1.165, 1.54) is 20.3 Å². The molecule has 0 heterocycles. The first-order chi connectivity index (χ1) is 9.06.